The van der Waals surface area contributed by atoms with Gasteiger partial charge in [-0.1, -0.05) is 0 Å². The minimum absolute atomic E-state index is 0.0845. The van der Waals surface area contributed by atoms with Crippen LogP contribution in [0.1, 0.15) is 51.9 Å². The Morgan fingerprint density at radius 2 is 2.04 bits per heavy atom. The second-order valence-corrected chi connectivity index (χ2v) is 7.42. The van der Waals surface area contributed by atoms with E-state index in [2.05, 4.69) is 10.6 Å². The highest BCUT2D eigenvalue weighted by Gasteiger charge is 2.31. The number of carboxylic acid groups (broad SMARTS) is 1. The molecule has 2 aliphatic heterocycles. The highest BCUT2D eigenvalue weighted by atomic mass is 16.4. The van der Waals surface area contributed by atoms with Gasteiger partial charge in [0.15, 0.2) is 0 Å². The second kappa shape index (κ2) is 9.75. The Morgan fingerprint density at radius 1 is 1.32 bits per heavy atom. The molecule has 2 atom stereocenters. The lowest BCUT2D eigenvalue weighted by atomic mass is 9.91. The Morgan fingerprint density at radius 3 is 2.72 bits per heavy atom. The molecule has 0 bridgehead atoms. The van der Waals surface area contributed by atoms with Gasteiger partial charge >= 0.3 is 5.97 Å². The highest BCUT2D eigenvalue weighted by Crippen LogP contribution is 2.23. The molecule has 0 aliphatic carbocycles. The maximum atomic E-state index is 12.6. The van der Waals surface area contributed by atoms with Gasteiger partial charge in [0.1, 0.15) is 0 Å². The molecule has 7 heteroatoms. The van der Waals surface area contributed by atoms with Crippen LogP contribution >= 0.6 is 0 Å². The van der Waals surface area contributed by atoms with Crippen LogP contribution in [0.25, 0.3) is 0 Å². The predicted molar refractivity (Wildman–Crippen MR) is 94.0 cm³/mol. The van der Waals surface area contributed by atoms with Crippen LogP contribution < -0.4 is 10.6 Å². The standard InChI is InChI=1S/C18H31N3O4/c1-13(11-17(23)24)20-16(22)12-15-3-2-9-21(18(15)25)10-6-14-4-7-19-8-5-14/h13-15,19H,2-12H2,1H3,(H,20,22)(H,23,24)/t13-,15-/m1/s1. The molecule has 2 aliphatic rings. The molecular formula is C18H31N3O4. The summed E-state index contributed by atoms with van der Waals surface area (Å²) in [4.78, 5) is 37.3. The van der Waals surface area contributed by atoms with Gasteiger partial charge in [-0.05, 0) is 58.0 Å². The highest BCUT2D eigenvalue weighted by molar-refractivity contribution is 5.86. The first-order chi connectivity index (χ1) is 12.0. The Balaban J connectivity index is 1.76. The molecular weight excluding hydrogens is 322 g/mol. The molecule has 0 spiro atoms. The number of nitrogens with one attached hydrogen (secondary N) is 2. The number of nitrogens with zero attached hydrogens (tertiary/aromatic N) is 1. The van der Waals surface area contributed by atoms with E-state index >= 15 is 0 Å². The molecule has 0 saturated carbocycles. The summed E-state index contributed by atoms with van der Waals surface area (Å²) in [7, 11) is 0. The maximum absolute atomic E-state index is 12.6. The zero-order chi connectivity index (χ0) is 18.2. The predicted octanol–water partition coefficient (Wildman–Crippen LogP) is 0.984. The summed E-state index contributed by atoms with van der Waals surface area (Å²) < 4.78 is 0. The van der Waals surface area contributed by atoms with E-state index in [0.717, 1.165) is 45.4 Å². The van der Waals surface area contributed by atoms with E-state index in [0.29, 0.717) is 5.92 Å². The second-order valence-electron chi connectivity index (χ2n) is 7.42. The summed E-state index contributed by atoms with van der Waals surface area (Å²) in [5, 5.41) is 14.8. The summed E-state index contributed by atoms with van der Waals surface area (Å²) in [5.41, 5.74) is 0. The molecule has 2 fully saturated rings. The quantitative estimate of drug-likeness (QED) is 0.604. The number of amides is 2. The topological polar surface area (TPSA) is 98.7 Å². The lowest BCUT2D eigenvalue weighted by Crippen LogP contribution is -2.45. The minimum Gasteiger partial charge on any atom is -0.481 e. The summed E-state index contributed by atoms with van der Waals surface area (Å²) in [6.45, 7) is 5.38. The van der Waals surface area contributed by atoms with Crippen molar-refractivity contribution in [2.45, 2.75) is 57.9 Å². The van der Waals surface area contributed by atoms with Gasteiger partial charge in [0, 0.05) is 31.5 Å². The number of carbonyl (C=O) groups excluding carboxylic acids is 2. The van der Waals surface area contributed by atoms with E-state index in [1.165, 1.54) is 12.8 Å². The van der Waals surface area contributed by atoms with Crippen molar-refractivity contribution in [3.63, 3.8) is 0 Å². The normalized spacial score (nSPS) is 23.3. The third-order valence-electron chi connectivity index (χ3n) is 5.23. The number of hydrogen-bond donors (Lipinski definition) is 3. The minimum atomic E-state index is -0.939. The van der Waals surface area contributed by atoms with Crippen molar-refractivity contribution < 1.29 is 19.5 Å². The first-order valence-electron chi connectivity index (χ1n) is 9.46. The summed E-state index contributed by atoms with van der Waals surface area (Å²) in [6.07, 6.45) is 5.12. The van der Waals surface area contributed by atoms with Gasteiger partial charge in [-0.25, -0.2) is 0 Å². The van der Waals surface area contributed by atoms with Crippen molar-refractivity contribution in [2.75, 3.05) is 26.2 Å². The van der Waals surface area contributed by atoms with E-state index in [-0.39, 0.29) is 30.6 Å². The van der Waals surface area contributed by atoms with Crippen LogP contribution in [0.15, 0.2) is 0 Å². The molecule has 3 N–H and O–H groups in total. The number of hydrogen-bond acceptors (Lipinski definition) is 4. The first-order valence-corrected chi connectivity index (χ1v) is 9.46. The molecule has 0 aromatic carbocycles. The third-order valence-corrected chi connectivity index (χ3v) is 5.23. The summed E-state index contributed by atoms with van der Waals surface area (Å²) >= 11 is 0. The van der Waals surface area contributed by atoms with E-state index < -0.39 is 12.0 Å². The van der Waals surface area contributed by atoms with Gasteiger partial charge in [-0.15, -0.1) is 0 Å². The number of aliphatic carboxylic acids is 1. The number of likely N-dealkylation sites (tertiary alicyclic amines) is 1. The Labute approximate surface area is 149 Å². The largest absolute Gasteiger partial charge is 0.481 e. The smallest absolute Gasteiger partial charge is 0.305 e. The summed E-state index contributed by atoms with van der Waals surface area (Å²) in [5.74, 6) is -0.660. The molecule has 0 radical (unpaired) electrons. The molecule has 142 valence electrons. The van der Waals surface area contributed by atoms with Gasteiger partial charge in [0.2, 0.25) is 11.8 Å². The molecule has 0 unspecified atom stereocenters. The molecule has 7 nitrogen and oxygen atoms in total. The zero-order valence-corrected chi connectivity index (χ0v) is 15.1. The van der Waals surface area contributed by atoms with E-state index in [9.17, 15) is 14.4 Å². The third kappa shape index (κ3) is 6.65. The molecule has 25 heavy (non-hydrogen) atoms. The van der Waals surface area contributed by atoms with E-state index in [1.807, 2.05) is 4.90 Å². The van der Waals surface area contributed by atoms with Gasteiger partial charge in [0.25, 0.3) is 0 Å². The van der Waals surface area contributed by atoms with Crippen molar-refractivity contribution >= 4 is 17.8 Å². The average molecular weight is 353 g/mol. The van der Waals surface area contributed by atoms with Crippen LogP contribution in [0.2, 0.25) is 0 Å². The van der Waals surface area contributed by atoms with Crippen molar-refractivity contribution in [3.05, 3.63) is 0 Å². The number of carboxylic acids is 1. The molecule has 2 saturated heterocycles. The van der Waals surface area contributed by atoms with Crippen molar-refractivity contribution in [2.24, 2.45) is 11.8 Å². The van der Waals surface area contributed by atoms with Crippen LogP contribution in [-0.2, 0) is 14.4 Å². The fraction of sp³-hybridized carbons (Fsp3) is 0.833. The maximum Gasteiger partial charge on any atom is 0.305 e. The first kappa shape index (κ1) is 19.7. The van der Waals surface area contributed by atoms with E-state index in [4.69, 9.17) is 5.11 Å². The van der Waals surface area contributed by atoms with Crippen LogP contribution in [0.3, 0.4) is 0 Å². The molecule has 0 aromatic heterocycles. The lowest BCUT2D eigenvalue weighted by molar-refractivity contribution is -0.142. The fourth-order valence-electron chi connectivity index (χ4n) is 3.81. The van der Waals surface area contributed by atoms with Crippen LogP contribution in [-0.4, -0.2) is 60.0 Å². The molecule has 2 rings (SSSR count). The van der Waals surface area contributed by atoms with Crippen LogP contribution in [0.4, 0.5) is 0 Å². The Bertz CT molecular complexity index is 477. The van der Waals surface area contributed by atoms with Gasteiger partial charge in [-0.2, -0.15) is 0 Å². The number of rotatable bonds is 8. The van der Waals surface area contributed by atoms with Crippen LogP contribution in [0, 0.1) is 11.8 Å². The Kier molecular flexibility index (Phi) is 7.68. The van der Waals surface area contributed by atoms with Crippen LogP contribution in [0.5, 0.6) is 0 Å². The summed E-state index contributed by atoms with van der Waals surface area (Å²) in [6, 6.07) is -0.417. The monoisotopic (exact) mass is 353 g/mol. The number of piperidine rings is 2. The lowest BCUT2D eigenvalue weighted by Gasteiger charge is -2.34. The van der Waals surface area contributed by atoms with Crippen molar-refractivity contribution in [1.82, 2.24) is 15.5 Å². The van der Waals surface area contributed by atoms with Crippen molar-refractivity contribution in [3.8, 4) is 0 Å². The molecule has 2 amide bonds. The number of carbonyl (C=O) groups is 3. The molecule has 2 heterocycles. The van der Waals surface area contributed by atoms with Gasteiger partial charge in [0.05, 0.1) is 6.42 Å². The van der Waals surface area contributed by atoms with Crippen molar-refractivity contribution in [1.29, 1.82) is 0 Å². The molecule has 0 aromatic rings. The SMILES string of the molecule is C[C@H](CC(=O)O)NC(=O)C[C@H]1CCCN(CCC2CCNCC2)C1=O. The van der Waals surface area contributed by atoms with E-state index in [1.54, 1.807) is 6.92 Å². The Hall–Kier alpha value is -1.63. The zero-order valence-electron chi connectivity index (χ0n) is 15.1. The average Bonchev–Trinajstić information content (AvgIpc) is 2.55. The van der Waals surface area contributed by atoms with Gasteiger partial charge < -0.3 is 20.6 Å². The fourth-order valence-corrected chi connectivity index (χ4v) is 3.81. The van der Waals surface area contributed by atoms with Gasteiger partial charge in [-0.3, -0.25) is 14.4 Å².